The fourth-order valence-corrected chi connectivity index (χ4v) is 2.70. The van der Waals surface area contributed by atoms with E-state index in [1.54, 1.807) is 18.0 Å². The van der Waals surface area contributed by atoms with E-state index in [0.717, 1.165) is 27.6 Å². The Balaban J connectivity index is 1.71. The number of nitrogen functional groups attached to an aromatic ring is 1. The van der Waals surface area contributed by atoms with Gasteiger partial charge in [0.05, 0.1) is 5.69 Å². The highest BCUT2D eigenvalue weighted by Gasteiger charge is 2.07. The van der Waals surface area contributed by atoms with Crippen molar-refractivity contribution in [2.24, 2.45) is 0 Å². The molecule has 2 aromatic carbocycles. The summed E-state index contributed by atoms with van der Waals surface area (Å²) in [4.78, 5) is 5.56. The number of rotatable bonds is 4. The van der Waals surface area contributed by atoms with Crippen molar-refractivity contribution < 1.29 is 4.42 Å². The first-order valence-corrected chi connectivity index (χ1v) is 7.28. The van der Waals surface area contributed by atoms with E-state index in [1.165, 1.54) is 0 Å². The minimum atomic E-state index is 0.655. The first kappa shape index (κ1) is 12.8. The molecule has 0 amide bonds. The van der Waals surface area contributed by atoms with Crippen LogP contribution in [0.2, 0.25) is 0 Å². The molecule has 3 aromatic rings. The van der Waals surface area contributed by atoms with Crippen LogP contribution in [0.1, 0.15) is 5.69 Å². The highest BCUT2D eigenvalue weighted by molar-refractivity contribution is 7.98. The molecule has 3 nitrogen and oxygen atoms in total. The number of para-hydroxylation sites is 1. The van der Waals surface area contributed by atoms with Gasteiger partial charge in [-0.2, -0.15) is 0 Å². The van der Waals surface area contributed by atoms with Crippen LogP contribution < -0.4 is 5.73 Å². The monoisotopic (exact) mass is 282 g/mol. The minimum Gasteiger partial charge on any atom is -0.444 e. The van der Waals surface area contributed by atoms with Crippen LogP contribution in [0, 0.1) is 0 Å². The Morgan fingerprint density at radius 2 is 1.75 bits per heavy atom. The van der Waals surface area contributed by atoms with Gasteiger partial charge in [0, 0.05) is 21.9 Å². The van der Waals surface area contributed by atoms with Crippen LogP contribution in [-0.4, -0.2) is 4.98 Å². The first-order valence-electron chi connectivity index (χ1n) is 6.30. The van der Waals surface area contributed by atoms with Crippen molar-refractivity contribution in [3.8, 4) is 11.5 Å². The number of nitrogens with zero attached hydrogens (tertiary/aromatic N) is 1. The zero-order valence-corrected chi connectivity index (χ0v) is 11.6. The third kappa shape index (κ3) is 2.86. The van der Waals surface area contributed by atoms with Gasteiger partial charge >= 0.3 is 0 Å². The molecule has 3 rings (SSSR count). The van der Waals surface area contributed by atoms with E-state index in [1.807, 2.05) is 54.6 Å². The molecule has 4 heteroatoms. The Morgan fingerprint density at radius 1 is 1.00 bits per heavy atom. The molecule has 0 unspecified atom stereocenters. The highest BCUT2D eigenvalue weighted by Crippen LogP contribution is 2.28. The molecule has 1 heterocycles. The lowest BCUT2D eigenvalue weighted by atomic mass is 10.2. The minimum absolute atomic E-state index is 0.655. The van der Waals surface area contributed by atoms with E-state index < -0.39 is 0 Å². The molecule has 0 aliphatic rings. The molecule has 1 aromatic heterocycles. The quantitative estimate of drug-likeness (QED) is 0.575. The van der Waals surface area contributed by atoms with Crippen LogP contribution >= 0.6 is 11.8 Å². The van der Waals surface area contributed by atoms with E-state index >= 15 is 0 Å². The molecule has 2 N–H and O–H groups in total. The molecule has 0 atom stereocenters. The van der Waals surface area contributed by atoms with Gasteiger partial charge in [0.1, 0.15) is 6.26 Å². The Kier molecular flexibility index (Phi) is 3.74. The van der Waals surface area contributed by atoms with Gasteiger partial charge in [-0.05, 0) is 24.3 Å². The van der Waals surface area contributed by atoms with Gasteiger partial charge in [-0.25, -0.2) is 4.98 Å². The highest BCUT2D eigenvalue weighted by atomic mass is 32.2. The van der Waals surface area contributed by atoms with Crippen LogP contribution in [0.25, 0.3) is 11.5 Å². The maximum Gasteiger partial charge on any atom is 0.226 e. The molecule has 20 heavy (non-hydrogen) atoms. The molecule has 0 spiro atoms. The van der Waals surface area contributed by atoms with Crippen LogP contribution in [0.3, 0.4) is 0 Å². The van der Waals surface area contributed by atoms with E-state index in [-0.39, 0.29) is 0 Å². The van der Waals surface area contributed by atoms with Crippen LogP contribution in [0.4, 0.5) is 5.69 Å². The molecule has 0 bridgehead atoms. The second-order valence-electron chi connectivity index (χ2n) is 4.34. The number of nitrogens with two attached hydrogens (primary N) is 1. The number of hydrogen-bond donors (Lipinski definition) is 1. The van der Waals surface area contributed by atoms with Crippen LogP contribution in [-0.2, 0) is 5.75 Å². The summed E-state index contributed by atoms with van der Waals surface area (Å²) in [5.41, 5.74) is 8.61. The molecular formula is C16H14N2OS. The summed E-state index contributed by atoms with van der Waals surface area (Å²) in [5.74, 6) is 1.40. The van der Waals surface area contributed by atoms with Gasteiger partial charge in [-0.1, -0.05) is 30.3 Å². The molecular weight excluding hydrogens is 268 g/mol. The van der Waals surface area contributed by atoms with Crippen molar-refractivity contribution >= 4 is 17.4 Å². The Hall–Kier alpha value is -2.20. The predicted octanol–water partition coefficient (Wildman–Crippen LogP) is 4.22. The molecule has 100 valence electrons. The average molecular weight is 282 g/mol. The lowest BCUT2D eigenvalue weighted by molar-refractivity contribution is 0.573. The number of oxazole rings is 1. The number of aromatic nitrogens is 1. The number of thioether (sulfide) groups is 1. The zero-order valence-electron chi connectivity index (χ0n) is 10.8. The fraction of sp³-hybridized carbons (Fsp3) is 0.0625. The van der Waals surface area contributed by atoms with E-state index in [0.29, 0.717) is 5.89 Å². The first-order chi connectivity index (χ1) is 9.83. The Labute approximate surface area is 121 Å². The van der Waals surface area contributed by atoms with Crippen molar-refractivity contribution in [3.63, 3.8) is 0 Å². The smallest absolute Gasteiger partial charge is 0.226 e. The molecule has 0 radical (unpaired) electrons. The van der Waals surface area contributed by atoms with Crippen LogP contribution in [0.15, 0.2) is 70.2 Å². The summed E-state index contributed by atoms with van der Waals surface area (Å²) in [7, 11) is 0. The molecule has 0 fully saturated rings. The van der Waals surface area contributed by atoms with E-state index in [4.69, 9.17) is 10.2 Å². The topological polar surface area (TPSA) is 52.0 Å². The fourth-order valence-electron chi connectivity index (χ4n) is 1.85. The standard InChI is InChI=1S/C16H14N2OS/c17-14-8-4-5-9-15(14)20-11-13-10-19-16(18-13)12-6-2-1-3-7-12/h1-10H,11,17H2. The van der Waals surface area contributed by atoms with Gasteiger partial charge in [0.15, 0.2) is 0 Å². The lowest BCUT2D eigenvalue weighted by Crippen LogP contribution is -1.88. The Bertz CT molecular complexity index is 694. The second-order valence-corrected chi connectivity index (χ2v) is 5.35. The number of hydrogen-bond acceptors (Lipinski definition) is 4. The van der Waals surface area contributed by atoms with Crippen molar-refractivity contribution in [2.75, 3.05) is 5.73 Å². The van der Waals surface area contributed by atoms with Crippen molar-refractivity contribution in [1.29, 1.82) is 0 Å². The molecule has 0 aliphatic heterocycles. The Morgan fingerprint density at radius 3 is 2.55 bits per heavy atom. The largest absolute Gasteiger partial charge is 0.444 e. The SMILES string of the molecule is Nc1ccccc1SCc1coc(-c2ccccc2)n1. The van der Waals surface area contributed by atoms with Crippen molar-refractivity contribution in [2.45, 2.75) is 10.6 Å². The average Bonchev–Trinajstić information content (AvgIpc) is 2.96. The predicted molar refractivity (Wildman–Crippen MR) is 82.4 cm³/mol. The third-order valence-electron chi connectivity index (χ3n) is 2.87. The van der Waals surface area contributed by atoms with Gasteiger partial charge in [-0.3, -0.25) is 0 Å². The summed E-state index contributed by atoms with van der Waals surface area (Å²) < 4.78 is 5.51. The number of benzene rings is 2. The maximum atomic E-state index is 5.92. The number of anilines is 1. The van der Waals surface area contributed by atoms with Gasteiger partial charge < -0.3 is 10.2 Å². The van der Waals surface area contributed by atoms with Crippen molar-refractivity contribution in [1.82, 2.24) is 4.98 Å². The zero-order chi connectivity index (χ0) is 13.8. The molecule has 0 aliphatic carbocycles. The van der Waals surface area contributed by atoms with Gasteiger partial charge in [0.25, 0.3) is 0 Å². The summed E-state index contributed by atoms with van der Waals surface area (Å²) in [6.07, 6.45) is 1.70. The summed E-state index contributed by atoms with van der Waals surface area (Å²) >= 11 is 1.66. The van der Waals surface area contributed by atoms with E-state index in [9.17, 15) is 0 Å². The molecule has 0 saturated carbocycles. The van der Waals surface area contributed by atoms with Gasteiger partial charge in [0.2, 0.25) is 5.89 Å². The summed E-state index contributed by atoms with van der Waals surface area (Å²) in [5, 5.41) is 0. The van der Waals surface area contributed by atoms with Crippen LogP contribution in [0.5, 0.6) is 0 Å². The van der Waals surface area contributed by atoms with Gasteiger partial charge in [-0.15, -0.1) is 11.8 Å². The second kappa shape index (κ2) is 5.84. The lowest BCUT2D eigenvalue weighted by Gasteiger charge is -2.02. The maximum absolute atomic E-state index is 5.92. The normalized spacial score (nSPS) is 10.6. The summed E-state index contributed by atoms with van der Waals surface area (Å²) in [6, 6.07) is 17.7. The summed E-state index contributed by atoms with van der Waals surface area (Å²) in [6.45, 7) is 0. The molecule has 0 saturated heterocycles. The van der Waals surface area contributed by atoms with E-state index in [2.05, 4.69) is 4.98 Å². The third-order valence-corrected chi connectivity index (χ3v) is 3.99. The van der Waals surface area contributed by atoms with Crippen molar-refractivity contribution in [3.05, 3.63) is 66.6 Å².